The van der Waals surface area contributed by atoms with Gasteiger partial charge in [-0.25, -0.2) is 13.2 Å². The minimum absolute atomic E-state index is 0.108. The smallest absolute Gasteiger partial charge is 0.411 e. The molecule has 0 saturated carbocycles. The Labute approximate surface area is 197 Å². The molecule has 3 rings (SSSR count). The topological polar surface area (TPSA) is 103 Å². The molecule has 0 atom stereocenters. The number of rotatable bonds is 9. The van der Waals surface area contributed by atoms with Crippen molar-refractivity contribution in [1.29, 1.82) is 0 Å². The first-order chi connectivity index (χ1) is 15.8. The number of nitrogens with one attached hydrogen (secondary N) is 2. The van der Waals surface area contributed by atoms with E-state index in [9.17, 15) is 13.2 Å². The van der Waals surface area contributed by atoms with Crippen LogP contribution in [-0.2, 0) is 14.8 Å². The van der Waals surface area contributed by atoms with Gasteiger partial charge in [-0.15, -0.1) is 0 Å². The fraction of sp³-hybridized carbons (Fsp3) is 0.174. The van der Waals surface area contributed by atoms with E-state index < -0.39 is 16.1 Å². The van der Waals surface area contributed by atoms with Crippen LogP contribution >= 0.6 is 11.6 Å². The molecule has 0 bridgehead atoms. The summed E-state index contributed by atoms with van der Waals surface area (Å²) in [7, 11) is -4.08. The van der Waals surface area contributed by atoms with Crippen molar-refractivity contribution in [3.05, 3.63) is 71.8 Å². The lowest BCUT2D eigenvalue weighted by molar-refractivity contribution is 0.167. The van der Waals surface area contributed by atoms with E-state index >= 15 is 0 Å². The molecule has 0 radical (unpaired) electrons. The summed E-state index contributed by atoms with van der Waals surface area (Å²) >= 11 is 6.09. The molecule has 3 aromatic rings. The van der Waals surface area contributed by atoms with Gasteiger partial charge in [0.1, 0.15) is 11.5 Å². The average molecular weight is 491 g/mol. The first kappa shape index (κ1) is 24.2. The number of carbonyl (C=O) groups excluding carboxylic acids is 1. The fourth-order valence-electron chi connectivity index (χ4n) is 2.82. The Morgan fingerprint density at radius 2 is 1.64 bits per heavy atom. The summed E-state index contributed by atoms with van der Waals surface area (Å²) < 4.78 is 45.0. The summed E-state index contributed by atoms with van der Waals surface area (Å²) in [4.78, 5) is 11.8. The van der Waals surface area contributed by atoms with Crippen LogP contribution in [0.2, 0.25) is 5.02 Å². The predicted molar refractivity (Wildman–Crippen MR) is 127 cm³/mol. The third-order valence-corrected chi connectivity index (χ3v) is 5.83. The summed E-state index contributed by atoms with van der Waals surface area (Å²) in [6.07, 6.45) is -0.727. The molecule has 0 aliphatic heterocycles. The first-order valence-electron chi connectivity index (χ1n) is 10.1. The van der Waals surface area contributed by atoms with Crippen molar-refractivity contribution >= 4 is 39.1 Å². The van der Waals surface area contributed by atoms with E-state index in [0.29, 0.717) is 23.1 Å². The molecule has 8 nitrogen and oxygen atoms in total. The van der Waals surface area contributed by atoms with Crippen LogP contribution < -0.4 is 19.5 Å². The number of ether oxygens (including phenoxy) is 3. The minimum Gasteiger partial charge on any atom is -0.492 e. The van der Waals surface area contributed by atoms with Gasteiger partial charge in [0.25, 0.3) is 10.0 Å². The zero-order valence-corrected chi connectivity index (χ0v) is 19.6. The largest absolute Gasteiger partial charge is 0.492 e. The van der Waals surface area contributed by atoms with Crippen LogP contribution in [0.5, 0.6) is 17.2 Å². The van der Waals surface area contributed by atoms with E-state index in [0.717, 1.165) is 0 Å². The molecule has 0 aliphatic carbocycles. The van der Waals surface area contributed by atoms with Crippen LogP contribution in [0.3, 0.4) is 0 Å². The highest BCUT2D eigenvalue weighted by Gasteiger charge is 2.20. The SMILES string of the molecule is CCOC(=O)Nc1cc(S(=O)(=O)Nc2cc(Cl)ccc2Oc2ccccc2)ccc1OCC. The summed E-state index contributed by atoms with van der Waals surface area (Å²) in [5.41, 5.74) is 0.310. The minimum atomic E-state index is -4.08. The van der Waals surface area contributed by atoms with Crippen LogP contribution in [0, 0.1) is 0 Å². The van der Waals surface area contributed by atoms with Gasteiger partial charge < -0.3 is 14.2 Å². The van der Waals surface area contributed by atoms with Crippen molar-refractivity contribution in [3.63, 3.8) is 0 Å². The van der Waals surface area contributed by atoms with Crippen molar-refractivity contribution in [2.24, 2.45) is 0 Å². The molecule has 174 valence electrons. The van der Waals surface area contributed by atoms with Crippen molar-refractivity contribution in [2.75, 3.05) is 23.3 Å². The molecule has 0 spiro atoms. The molecular weight excluding hydrogens is 468 g/mol. The lowest BCUT2D eigenvalue weighted by Crippen LogP contribution is -2.17. The van der Waals surface area contributed by atoms with Crippen molar-refractivity contribution in [1.82, 2.24) is 0 Å². The number of halogens is 1. The highest BCUT2D eigenvalue weighted by molar-refractivity contribution is 7.92. The number of amides is 1. The Morgan fingerprint density at radius 1 is 0.909 bits per heavy atom. The van der Waals surface area contributed by atoms with Crippen LogP contribution in [0.4, 0.5) is 16.2 Å². The maximum Gasteiger partial charge on any atom is 0.411 e. The van der Waals surface area contributed by atoms with Gasteiger partial charge in [-0.2, -0.15) is 0 Å². The summed E-state index contributed by atoms with van der Waals surface area (Å²) in [6, 6.07) is 17.6. The number of hydrogen-bond donors (Lipinski definition) is 2. The molecule has 0 aliphatic rings. The summed E-state index contributed by atoms with van der Waals surface area (Å²) in [5.74, 6) is 1.10. The van der Waals surface area contributed by atoms with Gasteiger partial charge in [-0.3, -0.25) is 10.0 Å². The number of sulfonamides is 1. The predicted octanol–water partition coefficient (Wildman–Crippen LogP) is 5.90. The van der Waals surface area contributed by atoms with Crippen LogP contribution in [0.1, 0.15) is 13.8 Å². The molecule has 10 heteroatoms. The number of para-hydroxylation sites is 1. The van der Waals surface area contributed by atoms with Crippen molar-refractivity contribution in [3.8, 4) is 17.2 Å². The standard InChI is InChI=1S/C23H23ClN2O6S/c1-3-30-21-13-11-18(15-19(21)25-23(27)31-4-2)33(28,29)26-20-14-16(24)10-12-22(20)32-17-8-6-5-7-9-17/h5-15,26H,3-4H2,1-2H3,(H,25,27). The van der Waals surface area contributed by atoms with E-state index in [1.165, 1.54) is 24.3 Å². The normalized spacial score (nSPS) is 10.9. The van der Waals surface area contributed by atoms with E-state index in [-0.39, 0.29) is 28.6 Å². The summed E-state index contributed by atoms with van der Waals surface area (Å²) in [5, 5.41) is 2.83. The number of anilines is 2. The molecule has 1 amide bonds. The molecule has 0 unspecified atom stereocenters. The molecule has 0 fully saturated rings. The highest BCUT2D eigenvalue weighted by Crippen LogP contribution is 2.35. The average Bonchev–Trinajstić information content (AvgIpc) is 2.77. The zero-order chi connectivity index (χ0) is 23.8. The molecule has 0 heterocycles. The Hall–Kier alpha value is -3.43. The molecule has 3 aromatic carbocycles. The van der Waals surface area contributed by atoms with Gasteiger partial charge in [0.15, 0.2) is 5.75 Å². The van der Waals surface area contributed by atoms with E-state index in [2.05, 4.69) is 10.0 Å². The maximum atomic E-state index is 13.2. The Kier molecular flexibility index (Phi) is 8.02. The van der Waals surface area contributed by atoms with Gasteiger partial charge in [0, 0.05) is 5.02 Å². The van der Waals surface area contributed by atoms with Crippen molar-refractivity contribution < 1.29 is 27.4 Å². The number of benzene rings is 3. The molecule has 0 saturated heterocycles. The number of carbonyl (C=O) groups is 1. The van der Waals surface area contributed by atoms with Gasteiger partial charge >= 0.3 is 6.09 Å². The van der Waals surface area contributed by atoms with E-state index in [4.69, 9.17) is 25.8 Å². The van der Waals surface area contributed by atoms with Gasteiger partial charge in [0.2, 0.25) is 0 Å². The zero-order valence-electron chi connectivity index (χ0n) is 18.0. The second-order valence-corrected chi connectivity index (χ2v) is 8.72. The first-order valence-corrected chi connectivity index (χ1v) is 11.9. The fourth-order valence-corrected chi connectivity index (χ4v) is 4.08. The monoisotopic (exact) mass is 490 g/mol. The third kappa shape index (κ3) is 6.53. The highest BCUT2D eigenvalue weighted by atomic mass is 35.5. The Morgan fingerprint density at radius 3 is 2.33 bits per heavy atom. The van der Waals surface area contributed by atoms with E-state index in [1.54, 1.807) is 50.2 Å². The van der Waals surface area contributed by atoms with Crippen LogP contribution in [-0.4, -0.2) is 27.7 Å². The maximum absolute atomic E-state index is 13.2. The number of hydrogen-bond acceptors (Lipinski definition) is 6. The lowest BCUT2D eigenvalue weighted by Gasteiger charge is -2.16. The molecular formula is C23H23ClN2O6S. The van der Waals surface area contributed by atoms with Crippen molar-refractivity contribution in [2.45, 2.75) is 18.7 Å². The quantitative estimate of drug-likeness (QED) is 0.387. The molecule has 2 N–H and O–H groups in total. The third-order valence-electron chi connectivity index (χ3n) is 4.23. The molecule has 0 aromatic heterocycles. The Balaban J connectivity index is 1.93. The molecule has 33 heavy (non-hydrogen) atoms. The second kappa shape index (κ2) is 10.9. The Bertz CT molecular complexity index is 1220. The van der Waals surface area contributed by atoms with Gasteiger partial charge in [0.05, 0.1) is 29.5 Å². The van der Waals surface area contributed by atoms with Gasteiger partial charge in [-0.1, -0.05) is 29.8 Å². The van der Waals surface area contributed by atoms with Crippen LogP contribution in [0.25, 0.3) is 0 Å². The lowest BCUT2D eigenvalue weighted by atomic mass is 10.3. The summed E-state index contributed by atoms with van der Waals surface area (Å²) in [6.45, 7) is 3.92. The van der Waals surface area contributed by atoms with Gasteiger partial charge in [-0.05, 0) is 62.4 Å². The second-order valence-electron chi connectivity index (χ2n) is 6.60. The van der Waals surface area contributed by atoms with E-state index in [1.807, 2.05) is 6.07 Å². The van der Waals surface area contributed by atoms with Crippen LogP contribution in [0.15, 0.2) is 71.6 Å².